The fourth-order valence-corrected chi connectivity index (χ4v) is 7.42. The van der Waals surface area contributed by atoms with Crippen LogP contribution in [-0.4, -0.2) is 5.87 Å². The second-order valence-electron chi connectivity index (χ2n) is 6.05. The molecule has 2 rings (SSSR count). The van der Waals surface area contributed by atoms with E-state index in [2.05, 4.69) is 65.6 Å². The van der Waals surface area contributed by atoms with E-state index >= 15 is 0 Å². The highest BCUT2D eigenvalue weighted by atomic mass is 31.1. The molecule has 0 unspecified atom stereocenters. The summed E-state index contributed by atoms with van der Waals surface area (Å²) in [5, 5.41) is 3.32. The van der Waals surface area contributed by atoms with Crippen LogP contribution in [0.15, 0.2) is 24.3 Å². The van der Waals surface area contributed by atoms with Gasteiger partial charge in [-0.25, -0.2) is 0 Å². The van der Waals surface area contributed by atoms with Gasteiger partial charge in [-0.2, -0.15) is 13.6 Å². The molecule has 1 aromatic rings. The second kappa shape index (κ2) is 4.21. The molecular formula is C15H23BP-. The SMILES string of the molecule is Cc1c(C)c(C)p([B-](C)(C)C2C=CC=C2)c1C. The van der Waals surface area contributed by atoms with Gasteiger partial charge in [0, 0.05) is 0 Å². The molecule has 0 fully saturated rings. The van der Waals surface area contributed by atoms with Gasteiger partial charge >= 0.3 is 0 Å². The Morgan fingerprint density at radius 1 is 0.882 bits per heavy atom. The van der Waals surface area contributed by atoms with Gasteiger partial charge in [0.2, 0.25) is 0 Å². The Balaban J connectivity index is 2.57. The zero-order valence-corrected chi connectivity index (χ0v) is 12.8. The molecule has 0 amide bonds. The molecule has 0 radical (unpaired) electrons. The molecular weight excluding hydrogens is 222 g/mol. The normalized spacial score (nSPS) is 16.1. The van der Waals surface area contributed by atoms with Crippen LogP contribution in [0.4, 0.5) is 0 Å². The van der Waals surface area contributed by atoms with Gasteiger partial charge in [0.15, 0.2) is 0 Å². The van der Waals surface area contributed by atoms with Gasteiger partial charge in [-0.15, -0.1) is 18.0 Å². The van der Waals surface area contributed by atoms with Crippen molar-refractivity contribution in [2.75, 3.05) is 0 Å². The van der Waals surface area contributed by atoms with Crippen molar-refractivity contribution >= 4 is 13.3 Å². The van der Waals surface area contributed by atoms with E-state index in [1.165, 1.54) is 0 Å². The van der Waals surface area contributed by atoms with Crippen LogP contribution in [0, 0.1) is 27.7 Å². The lowest BCUT2D eigenvalue weighted by atomic mass is 9.43. The number of allylic oxidation sites excluding steroid dienone is 4. The monoisotopic (exact) mass is 245 g/mol. The quantitative estimate of drug-likeness (QED) is 0.607. The van der Waals surface area contributed by atoms with Crippen molar-refractivity contribution in [1.82, 2.24) is 0 Å². The van der Waals surface area contributed by atoms with Crippen molar-refractivity contribution in [2.45, 2.75) is 47.2 Å². The first-order chi connectivity index (χ1) is 7.87. The molecule has 1 heterocycles. The maximum absolute atomic E-state index is 2.50. The summed E-state index contributed by atoms with van der Waals surface area (Å²) in [6, 6.07) is 0. The summed E-state index contributed by atoms with van der Waals surface area (Å²) in [6.45, 7) is 14.3. The lowest BCUT2D eigenvalue weighted by Gasteiger charge is -2.38. The molecule has 0 N–H and O–H groups in total. The zero-order valence-electron chi connectivity index (χ0n) is 11.9. The molecule has 0 saturated carbocycles. The Labute approximate surface area is 107 Å². The van der Waals surface area contributed by atoms with Gasteiger partial charge in [-0.05, 0) is 38.8 Å². The molecule has 0 aromatic carbocycles. The van der Waals surface area contributed by atoms with Crippen LogP contribution < -0.4 is 0 Å². The van der Waals surface area contributed by atoms with Crippen molar-refractivity contribution in [3.63, 3.8) is 0 Å². The summed E-state index contributed by atoms with van der Waals surface area (Å²) in [7, 11) is -0.0813. The van der Waals surface area contributed by atoms with Gasteiger partial charge in [-0.1, -0.05) is 22.7 Å². The summed E-state index contributed by atoms with van der Waals surface area (Å²) in [6.07, 6.45) is 9.17. The molecule has 92 valence electrons. The van der Waals surface area contributed by atoms with Crippen molar-refractivity contribution < 1.29 is 0 Å². The molecule has 1 aromatic heterocycles. The molecule has 0 spiro atoms. The van der Waals surface area contributed by atoms with Gasteiger partial charge in [0.1, 0.15) is 0 Å². The Hall–Kier alpha value is -0.675. The summed E-state index contributed by atoms with van der Waals surface area (Å²) >= 11 is 0. The number of hydrogen-bond donors (Lipinski definition) is 0. The van der Waals surface area contributed by atoms with E-state index in [-0.39, 0.29) is 13.3 Å². The minimum absolute atomic E-state index is 0.0813. The highest BCUT2D eigenvalue weighted by Gasteiger charge is 2.27. The van der Waals surface area contributed by atoms with E-state index in [0.29, 0.717) is 5.82 Å². The molecule has 0 atom stereocenters. The highest BCUT2D eigenvalue weighted by molar-refractivity contribution is 7.90. The molecule has 0 nitrogen and oxygen atoms in total. The summed E-state index contributed by atoms with van der Waals surface area (Å²) in [4.78, 5) is 0. The molecule has 1 aliphatic carbocycles. The lowest BCUT2D eigenvalue weighted by Crippen LogP contribution is -2.25. The maximum atomic E-state index is 2.50. The lowest BCUT2D eigenvalue weighted by molar-refractivity contribution is 1.32. The van der Waals surface area contributed by atoms with E-state index < -0.39 is 0 Å². The Morgan fingerprint density at radius 2 is 1.29 bits per heavy atom. The Kier molecular flexibility index (Phi) is 3.16. The van der Waals surface area contributed by atoms with Crippen LogP contribution in [0.5, 0.6) is 0 Å². The van der Waals surface area contributed by atoms with E-state index in [1.54, 1.807) is 21.7 Å². The second-order valence-corrected chi connectivity index (χ2v) is 9.46. The van der Waals surface area contributed by atoms with E-state index in [9.17, 15) is 0 Å². The van der Waals surface area contributed by atoms with Gasteiger partial charge < -0.3 is 0 Å². The first-order valence-corrected chi connectivity index (χ1v) is 8.02. The standard InChI is InChI=1S/C15H23BP/c1-11-12(2)14(4)17(13(11)3)16(5,6)15-9-7-8-10-15/h7-10,15H,1-6H3/q-1. The van der Waals surface area contributed by atoms with Gasteiger partial charge in [0.25, 0.3) is 0 Å². The predicted molar refractivity (Wildman–Crippen MR) is 83.0 cm³/mol. The largest absolute Gasteiger partial charge is 0.291 e. The minimum atomic E-state index is -0.386. The van der Waals surface area contributed by atoms with Gasteiger partial charge in [-0.3, -0.25) is 7.41 Å². The van der Waals surface area contributed by atoms with Crippen LogP contribution in [0.3, 0.4) is 0 Å². The first kappa shape index (κ1) is 12.8. The zero-order chi connectivity index (χ0) is 12.8. The molecule has 0 saturated heterocycles. The molecule has 0 aliphatic heterocycles. The van der Waals surface area contributed by atoms with Crippen molar-refractivity contribution in [2.24, 2.45) is 0 Å². The average Bonchev–Trinajstić information content (AvgIpc) is 2.85. The van der Waals surface area contributed by atoms with Crippen LogP contribution >= 0.6 is 7.41 Å². The molecule has 0 bridgehead atoms. The highest BCUT2D eigenvalue weighted by Crippen LogP contribution is 2.55. The maximum Gasteiger partial charge on any atom is 0.0550 e. The Bertz CT molecular complexity index is 466. The topological polar surface area (TPSA) is 0 Å². The first-order valence-electron chi connectivity index (χ1n) is 6.61. The van der Waals surface area contributed by atoms with Crippen molar-refractivity contribution in [3.8, 4) is 0 Å². The third kappa shape index (κ3) is 1.85. The summed E-state index contributed by atoms with van der Waals surface area (Å²) in [5.41, 5.74) is 3.10. The third-order valence-corrected chi connectivity index (χ3v) is 8.55. The summed E-state index contributed by atoms with van der Waals surface area (Å²) in [5.74, 6) is 0.272. The fraction of sp³-hybridized carbons (Fsp3) is 0.467. The number of hydrogen-bond acceptors (Lipinski definition) is 0. The smallest absolute Gasteiger partial charge is 0.0550 e. The van der Waals surface area contributed by atoms with Crippen molar-refractivity contribution in [3.05, 3.63) is 46.0 Å². The van der Waals surface area contributed by atoms with Crippen LogP contribution in [0.1, 0.15) is 21.7 Å². The predicted octanol–water partition coefficient (Wildman–Crippen LogP) is 5.46. The molecule has 1 aliphatic rings. The third-order valence-electron chi connectivity index (χ3n) is 4.76. The van der Waals surface area contributed by atoms with Crippen LogP contribution in [-0.2, 0) is 0 Å². The van der Waals surface area contributed by atoms with Crippen LogP contribution in [0.25, 0.3) is 0 Å². The van der Waals surface area contributed by atoms with Gasteiger partial charge in [0.05, 0.1) is 5.87 Å². The molecule has 17 heavy (non-hydrogen) atoms. The fourth-order valence-electron chi connectivity index (χ4n) is 3.32. The van der Waals surface area contributed by atoms with E-state index in [4.69, 9.17) is 0 Å². The van der Waals surface area contributed by atoms with Crippen molar-refractivity contribution in [1.29, 1.82) is 0 Å². The summed E-state index contributed by atoms with van der Waals surface area (Å²) < 4.78 is 0. The number of rotatable bonds is 2. The Morgan fingerprint density at radius 3 is 1.71 bits per heavy atom. The van der Waals surface area contributed by atoms with Crippen LogP contribution in [0.2, 0.25) is 19.5 Å². The van der Waals surface area contributed by atoms with E-state index in [0.717, 1.165) is 0 Å². The van der Waals surface area contributed by atoms with E-state index in [1.807, 2.05) is 0 Å². The minimum Gasteiger partial charge on any atom is -0.291 e. The molecule has 2 heteroatoms. The average molecular weight is 245 g/mol.